The first kappa shape index (κ1) is 31.7. The molecule has 208 valence electrons. The van der Waals surface area contributed by atoms with Crippen molar-refractivity contribution in [1.82, 2.24) is 10.3 Å². The molecule has 0 atom stereocenters. The summed E-state index contributed by atoms with van der Waals surface area (Å²) in [6, 6.07) is 6.00. The van der Waals surface area contributed by atoms with Crippen molar-refractivity contribution < 1.29 is 0 Å². The van der Waals surface area contributed by atoms with Gasteiger partial charge in [-0.3, -0.25) is 9.98 Å². The third-order valence-electron chi connectivity index (χ3n) is 7.81. The number of hydrogen-bond donors (Lipinski definition) is 1. The molecule has 0 bridgehead atoms. The Morgan fingerprint density at radius 2 is 1.55 bits per heavy atom. The first-order valence-electron chi connectivity index (χ1n) is 14.7. The number of pyridine rings is 1. The van der Waals surface area contributed by atoms with Gasteiger partial charge in [-0.1, -0.05) is 80.7 Å². The number of aromatic nitrogens is 1. The fourth-order valence-corrected chi connectivity index (χ4v) is 4.95. The monoisotopic (exact) mass is 515 g/mol. The molecule has 3 heteroatoms. The average molecular weight is 516 g/mol. The molecule has 0 spiro atoms. The zero-order valence-corrected chi connectivity index (χ0v) is 25.4. The minimum atomic E-state index is 0.628. The number of allylic oxidation sites excluding steroid dienone is 9. The minimum Gasteiger partial charge on any atom is -0.317 e. The van der Waals surface area contributed by atoms with Crippen LogP contribution in [-0.2, 0) is 0 Å². The van der Waals surface area contributed by atoms with Gasteiger partial charge in [0.1, 0.15) is 0 Å². The van der Waals surface area contributed by atoms with E-state index in [9.17, 15) is 0 Å². The molecule has 4 rings (SSSR count). The Hall–Kier alpha value is -2.52. The maximum Gasteiger partial charge on any atom is 0.0408 e. The summed E-state index contributed by atoms with van der Waals surface area (Å²) in [5.74, 6) is 1.67. The van der Waals surface area contributed by atoms with Crippen LogP contribution in [0.5, 0.6) is 0 Å². The van der Waals surface area contributed by atoms with Crippen molar-refractivity contribution in [2.75, 3.05) is 13.1 Å². The molecule has 0 aromatic carbocycles. The van der Waals surface area contributed by atoms with Crippen molar-refractivity contribution in [3.8, 4) is 0 Å². The van der Waals surface area contributed by atoms with Crippen molar-refractivity contribution in [1.29, 1.82) is 0 Å². The molecule has 0 amide bonds. The van der Waals surface area contributed by atoms with Gasteiger partial charge in [0.2, 0.25) is 0 Å². The van der Waals surface area contributed by atoms with E-state index in [-0.39, 0.29) is 0 Å². The summed E-state index contributed by atoms with van der Waals surface area (Å²) >= 11 is 0. The van der Waals surface area contributed by atoms with Gasteiger partial charge in [-0.15, -0.1) is 0 Å². The van der Waals surface area contributed by atoms with Crippen LogP contribution in [0.4, 0.5) is 0 Å². The van der Waals surface area contributed by atoms with Crippen LogP contribution in [-0.4, -0.2) is 23.8 Å². The molecule has 3 aliphatic rings. The van der Waals surface area contributed by atoms with E-state index in [1.165, 1.54) is 60.8 Å². The van der Waals surface area contributed by atoms with Crippen molar-refractivity contribution >= 4 is 5.71 Å². The summed E-state index contributed by atoms with van der Waals surface area (Å²) in [5.41, 5.74) is 9.68. The lowest BCUT2D eigenvalue weighted by Gasteiger charge is -2.23. The SMILES string of the molecule is C=C(/C=C\C(C)=C(/C)N=C(C)C1=CC=C(C)CC1)C1CCNCC1.CC1CCCC1.Cc1cccc(C)n1. The Bertz CT molecular complexity index is 1020. The van der Waals surface area contributed by atoms with Gasteiger partial charge in [0.05, 0.1) is 0 Å². The zero-order valence-electron chi connectivity index (χ0n) is 25.4. The third-order valence-corrected chi connectivity index (χ3v) is 7.81. The molecule has 2 aliphatic carbocycles. The van der Waals surface area contributed by atoms with Crippen LogP contribution in [0.15, 0.2) is 82.1 Å². The van der Waals surface area contributed by atoms with E-state index in [1.807, 2.05) is 32.0 Å². The first-order valence-corrected chi connectivity index (χ1v) is 14.7. The summed E-state index contributed by atoms with van der Waals surface area (Å²) < 4.78 is 0. The van der Waals surface area contributed by atoms with E-state index >= 15 is 0 Å². The molecule has 1 aliphatic heterocycles. The molecule has 38 heavy (non-hydrogen) atoms. The van der Waals surface area contributed by atoms with E-state index in [2.05, 4.69) is 75.8 Å². The largest absolute Gasteiger partial charge is 0.317 e. The number of aryl methyl sites for hydroxylation is 2. The second-order valence-corrected chi connectivity index (χ2v) is 11.4. The second kappa shape index (κ2) is 17.1. The summed E-state index contributed by atoms with van der Waals surface area (Å²) in [6.07, 6.45) is 19.4. The average Bonchev–Trinajstić information content (AvgIpc) is 3.39. The van der Waals surface area contributed by atoms with Crippen LogP contribution in [0.1, 0.15) is 97.4 Å². The molecule has 1 saturated heterocycles. The summed E-state index contributed by atoms with van der Waals surface area (Å²) in [7, 11) is 0. The van der Waals surface area contributed by atoms with Crippen LogP contribution in [0.2, 0.25) is 0 Å². The number of hydrogen-bond acceptors (Lipinski definition) is 3. The first-order chi connectivity index (χ1) is 18.2. The summed E-state index contributed by atoms with van der Waals surface area (Å²) in [6.45, 7) is 21.4. The molecule has 2 heterocycles. The number of nitrogens with zero attached hydrogens (tertiary/aromatic N) is 2. The number of nitrogens with one attached hydrogen (secondary N) is 1. The van der Waals surface area contributed by atoms with Gasteiger partial charge in [0, 0.05) is 22.8 Å². The van der Waals surface area contributed by atoms with Crippen LogP contribution in [0, 0.1) is 25.7 Å². The topological polar surface area (TPSA) is 37.3 Å². The van der Waals surface area contributed by atoms with Crippen LogP contribution < -0.4 is 5.32 Å². The number of piperidine rings is 1. The van der Waals surface area contributed by atoms with Crippen LogP contribution in [0.3, 0.4) is 0 Å². The Labute approximate surface area is 234 Å². The molecule has 0 radical (unpaired) electrons. The van der Waals surface area contributed by atoms with E-state index < -0.39 is 0 Å². The lowest BCUT2D eigenvalue weighted by atomic mass is 9.90. The molecular weight excluding hydrogens is 462 g/mol. The highest BCUT2D eigenvalue weighted by Crippen LogP contribution is 2.24. The highest BCUT2D eigenvalue weighted by atomic mass is 14.9. The van der Waals surface area contributed by atoms with E-state index in [1.54, 1.807) is 0 Å². The van der Waals surface area contributed by atoms with Gasteiger partial charge < -0.3 is 5.32 Å². The summed E-state index contributed by atoms with van der Waals surface area (Å²) in [5, 5.41) is 3.41. The fourth-order valence-electron chi connectivity index (χ4n) is 4.95. The van der Waals surface area contributed by atoms with E-state index in [0.717, 1.165) is 54.6 Å². The smallest absolute Gasteiger partial charge is 0.0408 e. The Morgan fingerprint density at radius 3 is 2.03 bits per heavy atom. The van der Waals surface area contributed by atoms with Crippen LogP contribution >= 0.6 is 0 Å². The van der Waals surface area contributed by atoms with Crippen molar-refractivity contribution in [3.63, 3.8) is 0 Å². The highest BCUT2D eigenvalue weighted by molar-refractivity contribution is 5.99. The second-order valence-electron chi connectivity index (χ2n) is 11.4. The van der Waals surface area contributed by atoms with Gasteiger partial charge in [0.15, 0.2) is 0 Å². The van der Waals surface area contributed by atoms with Gasteiger partial charge in [-0.05, 0) is 115 Å². The normalized spacial score (nSPS) is 19.5. The zero-order chi connectivity index (χ0) is 27.9. The minimum absolute atomic E-state index is 0.628. The lowest BCUT2D eigenvalue weighted by Crippen LogP contribution is -2.28. The van der Waals surface area contributed by atoms with Gasteiger partial charge in [-0.25, -0.2) is 0 Å². The quantitative estimate of drug-likeness (QED) is 0.313. The predicted molar refractivity (Wildman–Crippen MR) is 168 cm³/mol. The third kappa shape index (κ3) is 12.3. The maximum absolute atomic E-state index is 4.82. The lowest BCUT2D eigenvalue weighted by molar-refractivity contribution is 0.426. The standard InChI is InChI=1S/C22H32N2.C7H9N.C6H12/c1-16-6-10-22(11-7-16)20(5)24-19(4)17(2)8-9-18(3)21-12-14-23-15-13-21;1-6-4-3-5-7(2)8-6;1-6-4-2-3-5-6/h6,8-10,21,23H,3,7,11-15H2,1-2,4-5H3;3-5H,1-2H3;6H,2-5H2,1H3/b9-8-,19-17+,24-20?;;. The molecule has 2 fully saturated rings. The summed E-state index contributed by atoms with van der Waals surface area (Å²) in [4.78, 5) is 9.00. The molecule has 1 N–H and O–H groups in total. The van der Waals surface area contributed by atoms with Crippen molar-refractivity contribution in [3.05, 3.63) is 88.5 Å². The van der Waals surface area contributed by atoms with Gasteiger partial charge in [0.25, 0.3) is 0 Å². The van der Waals surface area contributed by atoms with Crippen LogP contribution in [0.25, 0.3) is 0 Å². The molecule has 1 aromatic rings. The molecule has 0 unspecified atom stereocenters. The van der Waals surface area contributed by atoms with Gasteiger partial charge in [-0.2, -0.15) is 0 Å². The molecule has 3 nitrogen and oxygen atoms in total. The van der Waals surface area contributed by atoms with Gasteiger partial charge >= 0.3 is 0 Å². The number of rotatable bonds is 5. The number of aliphatic imine (C=N–C) groups is 1. The maximum atomic E-state index is 4.82. The molecule has 1 saturated carbocycles. The molecular formula is C35H53N3. The Balaban J connectivity index is 0.000000291. The predicted octanol–water partition coefficient (Wildman–Crippen LogP) is 9.41. The Kier molecular flexibility index (Phi) is 14.3. The molecule has 1 aromatic heterocycles. The van der Waals surface area contributed by atoms with Crippen molar-refractivity contribution in [2.45, 2.75) is 99.8 Å². The van der Waals surface area contributed by atoms with Crippen molar-refractivity contribution in [2.24, 2.45) is 16.8 Å². The van der Waals surface area contributed by atoms with E-state index in [0.29, 0.717) is 5.92 Å². The highest BCUT2D eigenvalue weighted by Gasteiger charge is 2.14. The fraction of sp³-hybridized carbons (Fsp3) is 0.543. The Morgan fingerprint density at radius 1 is 0.921 bits per heavy atom. The van der Waals surface area contributed by atoms with E-state index in [4.69, 9.17) is 4.99 Å².